The molecular weight excluding hydrogens is 349 g/mol. The number of carbonyl (C=O) groups excluding carboxylic acids is 2. The molecule has 0 bridgehead atoms. The van der Waals surface area contributed by atoms with Gasteiger partial charge in [-0.25, -0.2) is 4.98 Å². The quantitative estimate of drug-likeness (QED) is 0.810. The second-order valence-corrected chi connectivity index (χ2v) is 5.78. The number of imidazole rings is 1. The lowest BCUT2D eigenvalue weighted by atomic mass is 10.1. The van der Waals surface area contributed by atoms with Gasteiger partial charge in [0.1, 0.15) is 12.4 Å². The first-order chi connectivity index (χ1) is 12.2. The number of rotatable bonds is 7. The van der Waals surface area contributed by atoms with Crippen molar-refractivity contribution in [3.8, 4) is 0 Å². The summed E-state index contributed by atoms with van der Waals surface area (Å²) >= 11 is 0. The maximum absolute atomic E-state index is 12.5. The summed E-state index contributed by atoms with van der Waals surface area (Å²) in [6.07, 6.45) is -1.76. The molecule has 26 heavy (non-hydrogen) atoms. The Hall–Kier alpha value is -2.84. The maximum atomic E-state index is 12.5. The van der Waals surface area contributed by atoms with Crippen LogP contribution in [-0.4, -0.2) is 46.0 Å². The molecule has 1 aromatic carbocycles. The predicted octanol–water partition coefficient (Wildman–Crippen LogP) is 1.76. The zero-order chi connectivity index (χ0) is 19.2. The summed E-state index contributed by atoms with van der Waals surface area (Å²) < 4.78 is 38.5. The average Bonchev–Trinajstić information content (AvgIpc) is 2.98. The normalized spacial score (nSPS) is 11.2. The van der Waals surface area contributed by atoms with Crippen molar-refractivity contribution in [1.82, 2.24) is 19.8 Å². The molecule has 1 aromatic heterocycles. The molecule has 0 spiro atoms. The molecule has 1 N–H and O–H groups in total. The minimum Gasteiger partial charge on any atom is -0.347 e. The Labute approximate surface area is 148 Å². The molecule has 0 saturated carbocycles. The van der Waals surface area contributed by atoms with Gasteiger partial charge >= 0.3 is 6.18 Å². The molecule has 0 aliphatic heterocycles. The number of nitrogens with one attached hydrogen (secondary N) is 1. The molecule has 2 amide bonds. The van der Waals surface area contributed by atoms with Crippen LogP contribution in [0.15, 0.2) is 42.7 Å². The minimum atomic E-state index is -4.37. The molecule has 0 unspecified atom stereocenters. The van der Waals surface area contributed by atoms with E-state index in [-0.39, 0.29) is 31.2 Å². The first kappa shape index (κ1) is 19.5. The van der Waals surface area contributed by atoms with Gasteiger partial charge < -0.3 is 14.8 Å². The van der Waals surface area contributed by atoms with Gasteiger partial charge in [-0.2, -0.15) is 13.2 Å². The first-order valence-electron chi connectivity index (χ1n) is 7.86. The van der Waals surface area contributed by atoms with Crippen molar-refractivity contribution in [1.29, 1.82) is 0 Å². The molecule has 1 heterocycles. The highest BCUT2D eigenvalue weighted by molar-refractivity contribution is 5.85. The van der Waals surface area contributed by atoms with E-state index in [1.54, 1.807) is 12.1 Å². The maximum Gasteiger partial charge on any atom is 0.406 e. The van der Waals surface area contributed by atoms with E-state index in [0.717, 1.165) is 10.1 Å². The summed E-state index contributed by atoms with van der Waals surface area (Å²) in [7, 11) is 1.44. The van der Waals surface area contributed by atoms with Crippen LogP contribution < -0.4 is 5.32 Å². The topological polar surface area (TPSA) is 67.2 Å². The molecule has 0 aliphatic rings. The lowest BCUT2D eigenvalue weighted by molar-refractivity contribution is -0.141. The largest absolute Gasteiger partial charge is 0.406 e. The molecule has 0 atom stereocenters. The van der Waals surface area contributed by atoms with Gasteiger partial charge in [0, 0.05) is 19.4 Å². The van der Waals surface area contributed by atoms with Gasteiger partial charge in [0.15, 0.2) is 0 Å². The number of halogens is 3. The smallest absolute Gasteiger partial charge is 0.347 e. The summed E-state index contributed by atoms with van der Waals surface area (Å²) in [5, 5.41) is 2.51. The molecule has 140 valence electrons. The summed E-state index contributed by atoms with van der Waals surface area (Å²) in [4.78, 5) is 29.0. The van der Waals surface area contributed by atoms with E-state index < -0.39 is 18.6 Å². The van der Waals surface area contributed by atoms with Crippen LogP contribution in [0.25, 0.3) is 0 Å². The van der Waals surface area contributed by atoms with E-state index in [1.807, 2.05) is 18.2 Å². The highest BCUT2D eigenvalue weighted by atomic mass is 19.4. The second-order valence-electron chi connectivity index (χ2n) is 5.78. The Bertz CT molecular complexity index is 744. The fraction of sp³-hybridized carbons (Fsp3) is 0.353. The third kappa shape index (κ3) is 6.23. The number of nitrogens with zero attached hydrogens (tertiary/aromatic N) is 3. The van der Waals surface area contributed by atoms with Crippen molar-refractivity contribution in [2.75, 3.05) is 13.6 Å². The molecule has 9 heteroatoms. The van der Waals surface area contributed by atoms with Crippen LogP contribution in [0.3, 0.4) is 0 Å². The number of hydrogen-bond acceptors (Lipinski definition) is 3. The Balaban J connectivity index is 1.83. The summed E-state index contributed by atoms with van der Waals surface area (Å²) in [5.74, 6) is -0.613. The van der Waals surface area contributed by atoms with E-state index in [4.69, 9.17) is 0 Å². The minimum absolute atomic E-state index is 0.0868. The number of alkyl halides is 3. The number of carbonyl (C=O) groups is 2. The average molecular weight is 368 g/mol. The standard InChI is InChI=1S/C17H19F3N4O2/c1-23(11-14-21-7-8-24(14)12-17(18,19)20)16(26)10-22-15(25)9-13-5-3-2-4-6-13/h2-8H,9-12H2,1H3,(H,22,25). The molecule has 6 nitrogen and oxygen atoms in total. The van der Waals surface area contributed by atoms with Gasteiger partial charge in [-0.1, -0.05) is 30.3 Å². The summed E-state index contributed by atoms with van der Waals surface area (Å²) in [6, 6.07) is 9.06. The van der Waals surface area contributed by atoms with Crippen LogP contribution in [0, 0.1) is 0 Å². The zero-order valence-electron chi connectivity index (χ0n) is 14.2. The second kappa shape index (κ2) is 8.50. The van der Waals surface area contributed by atoms with E-state index in [0.29, 0.717) is 0 Å². The Kier molecular flexibility index (Phi) is 6.37. The Morgan fingerprint density at radius 3 is 2.58 bits per heavy atom. The van der Waals surface area contributed by atoms with E-state index >= 15 is 0 Å². The van der Waals surface area contributed by atoms with Crippen molar-refractivity contribution < 1.29 is 22.8 Å². The fourth-order valence-corrected chi connectivity index (χ4v) is 2.28. The third-order valence-electron chi connectivity index (χ3n) is 3.60. The van der Waals surface area contributed by atoms with Gasteiger partial charge in [-0.3, -0.25) is 9.59 Å². The van der Waals surface area contributed by atoms with Crippen LogP contribution in [0.2, 0.25) is 0 Å². The van der Waals surface area contributed by atoms with Crippen LogP contribution >= 0.6 is 0 Å². The van der Waals surface area contributed by atoms with E-state index in [9.17, 15) is 22.8 Å². The Morgan fingerprint density at radius 1 is 1.23 bits per heavy atom. The molecule has 2 aromatic rings. The highest BCUT2D eigenvalue weighted by Gasteiger charge is 2.29. The lowest BCUT2D eigenvalue weighted by Gasteiger charge is -2.18. The van der Waals surface area contributed by atoms with Crippen LogP contribution in [0.5, 0.6) is 0 Å². The molecule has 0 fully saturated rings. The summed E-state index contributed by atoms with van der Waals surface area (Å²) in [5.41, 5.74) is 0.819. The lowest BCUT2D eigenvalue weighted by Crippen LogP contribution is -2.39. The van der Waals surface area contributed by atoms with Crippen molar-refractivity contribution in [2.45, 2.75) is 25.7 Å². The van der Waals surface area contributed by atoms with Gasteiger partial charge in [-0.05, 0) is 5.56 Å². The molecule has 0 radical (unpaired) electrons. The van der Waals surface area contributed by atoms with E-state index in [2.05, 4.69) is 10.3 Å². The van der Waals surface area contributed by atoms with Gasteiger partial charge in [-0.15, -0.1) is 0 Å². The SMILES string of the molecule is CN(Cc1nccn1CC(F)(F)F)C(=O)CNC(=O)Cc1ccccc1. The van der Waals surface area contributed by atoms with Gasteiger partial charge in [0.25, 0.3) is 0 Å². The number of benzene rings is 1. The van der Waals surface area contributed by atoms with Crippen molar-refractivity contribution in [2.24, 2.45) is 0 Å². The molecule has 0 aliphatic carbocycles. The van der Waals surface area contributed by atoms with Crippen molar-refractivity contribution in [3.05, 3.63) is 54.1 Å². The van der Waals surface area contributed by atoms with Crippen LogP contribution in [0.1, 0.15) is 11.4 Å². The number of hydrogen-bond donors (Lipinski definition) is 1. The van der Waals surface area contributed by atoms with Crippen molar-refractivity contribution in [3.63, 3.8) is 0 Å². The number of aromatic nitrogens is 2. The van der Waals surface area contributed by atoms with Gasteiger partial charge in [0.2, 0.25) is 11.8 Å². The van der Waals surface area contributed by atoms with Crippen molar-refractivity contribution >= 4 is 11.8 Å². The van der Waals surface area contributed by atoms with Crippen LogP contribution in [-0.2, 0) is 29.1 Å². The van der Waals surface area contributed by atoms with Gasteiger partial charge in [0.05, 0.1) is 19.5 Å². The highest BCUT2D eigenvalue weighted by Crippen LogP contribution is 2.18. The van der Waals surface area contributed by atoms with E-state index in [1.165, 1.54) is 24.3 Å². The molecule has 2 rings (SSSR count). The Morgan fingerprint density at radius 2 is 1.92 bits per heavy atom. The predicted molar refractivity (Wildman–Crippen MR) is 87.9 cm³/mol. The zero-order valence-corrected chi connectivity index (χ0v) is 14.2. The van der Waals surface area contributed by atoms with Crippen LogP contribution in [0.4, 0.5) is 13.2 Å². The fourth-order valence-electron chi connectivity index (χ4n) is 2.28. The first-order valence-corrected chi connectivity index (χ1v) is 7.86. The number of likely N-dealkylation sites (N-methyl/N-ethyl adjacent to an activating group) is 1. The number of amides is 2. The molecular formula is C17H19F3N4O2. The third-order valence-corrected chi connectivity index (χ3v) is 3.60. The molecule has 0 saturated heterocycles. The summed E-state index contributed by atoms with van der Waals surface area (Å²) in [6.45, 7) is -1.49. The monoisotopic (exact) mass is 368 g/mol.